The molecule has 7 heteroatoms. The van der Waals surface area contributed by atoms with Gasteiger partial charge < -0.3 is 4.52 Å². The molecule has 0 aliphatic carbocycles. The van der Waals surface area contributed by atoms with E-state index in [2.05, 4.69) is 31.1 Å². The summed E-state index contributed by atoms with van der Waals surface area (Å²) >= 11 is 3.19. The molecule has 0 aliphatic rings. The number of aromatic nitrogens is 3. The molecule has 1 aromatic carbocycles. The molecular weight excluding hydrogens is 332 g/mol. The molecule has 0 N–H and O–H groups in total. The van der Waals surface area contributed by atoms with Crippen LogP contribution >= 0.6 is 15.9 Å². The van der Waals surface area contributed by atoms with Gasteiger partial charge in [-0.1, -0.05) is 21.1 Å². The summed E-state index contributed by atoms with van der Waals surface area (Å²) in [6.07, 6.45) is 1.06. The zero-order valence-electron chi connectivity index (χ0n) is 9.85. The average molecular weight is 338 g/mol. The van der Waals surface area contributed by atoms with Gasteiger partial charge in [0.15, 0.2) is 0 Å². The zero-order chi connectivity index (χ0) is 14.1. The predicted octanol–water partition coefficient (Wildman–Crippen LogP) is 3.84. The number of halogens is 3. The topological polar surface area (TPSA) is 51.8 Å². The normalized spacial score (nSPS) is 10.8. The quantitative estimate of drug-likeness (QED) is 0.712. The van der Waals surface area contributed by atoms with Gasteiger partial charge in [0.25, 0.3) is 5.89 Å². The summed E-state index contributed by atoms with van der Waals surface area (Å²) in [6, 6.07) is 6.93. The zero-order valence-corrected chi connectivity index (χ0v) is 11.4. The highest BCUT2D eigenvalue weighted by atomic mass is 79.9. The first kappa shape index (κ1) is 12.9. The lowest BCUT2D eigenvalue weighted by Gasteiger charge is -1.96. The molecule has 0 fully saturated rings. The van der Waals surface area contributed by atoms with Crippen LogP contribution in [0.3, 0.4) is 0 Å². The Kier molecular flexibility index (Phi) is 3.27. The van der Waals surface area contributed by atoms with Gasteiger partial charge >= 0.3 is 0 Å². The van der Waals surface area contributed by atoms with Crippen molar-refractivity contribution in [1.29, 1.82) is 0 Å². The maximum atomic E-state index is 13.3. The molecule has 0 spiro atoms. The molecule has 0 saturated carbocycles. The number of hydrogen-bond acceptors (Lipinski definition) is 4. The van der Waals surface area contributed by atoms with Crippen LogP contribution in [0.2, 0.25) is 0 Å². The van der Waals surface area contributed by atoms with Gasteiger partial charge in [0.2, 0.25) is 5.82 Å². The number of nitrogens with zero attached hydrogens (tertiary/aromatic N) is 3. The minimum atomic E-state index is -0.452. The van der Waals surface area contributed by atoms with Gasteiger partial charge in [0, 0.05) is 10.0 Å². The first-order valence-electron chi connectivity index (χ1n) is 5.54. The Morgan fingerprint density at radius 2 is 1.90 bits per heavy atom. The molecule has 0 radical (unpaired) electrons. The Hall–Kier alpha value is -2.15. The molecule has 20 heavy (non-hydrogen) atoms. The van der Waals surface area contributed by atoms with Crippen LogP contribution < -0.4 is 0 Å². The third-order valence-electron chi connectivity index (χ3n) is 2.49. The van der Waals surface area contributed by atoms with E-state index in [9.17, 15) is 8.78 Å². The molecule has 4 nitrogen and oxygen atoms in total. The molecule has 2 heterocycles. The molecule has 0 unspecified atom stereocenters. The first-order valence-corrected chi connectivity index (χ1v) is 6.33. The number of pyridine rings is 1. The van der Waals surface area contributed by atoms with Gasteiger partial charge in [0.1, 0.15) is 17.3 Å². The van der Waals surface area contributed by atoms with Crippen molar-refractivity contribution in [3.8, 4) is 23.0 Å². The smallest absolute Gasteiger partial charge is 0.258 e. The van der Waals surface area contributed by atoms with E-state index in [1.54, 1.807) is 6.07 Å². The van der Waals surface area contributed by atoms with Gasteiger partial charge in [-0.25, -0.2) is 13.8 Å². The molecule has 100 valence electrons. The summed E-state index contributed by atoms with van der Waals surface area (Å²) in [6.45, 7) is 0. The summed E-state index contributed by atoms with van der Waals surface area (Å²) in [4.78, 5) is 7.96. The van der Waals surface area contributed by atoms with Gasteiger partial charge in [-0.2, -0.15) is 4.98 Å². The number of benzene rings is 1. The van der Waals surface area contributed by atoms with Crippen LogP contribution in [0, 0.1) is 11.6 Å². The number of hydrogen-bond donors (Lipinski definition) is 0. The maximum absolute atomic E-state index is 13.3. The molecule has 0 atom stereocenters. The Balaban J connectivity index is 1.99. The van der Waals surface area contributed by atoms with Crippen molar-refractivity contribution in [2.75, 3.05) is 0 Å². The predicted molar refractivity (Wildman–Crippen MR) is 70.6 cm³/mol. The minimum absolute atomic E-state index is 0.159. The highest BCUT2D eigenvalue weighted by Crippen LogP contribution is 2.25. The maximum Gasteiger partial charge on any atom is 0.258 e. The van der Waals surface area contributed by atoms with E-state index in [1.807, 2.05) is 0 Å². The van der Waals surface area contributed by atoms with Crippen molar-refractivity contribution in [3.05, 3.63) is 52.6 Å². The fourth-order valence-corrected chi connectivity index (χ4v) is 2.10. The lowest BCUT2D eigenvalue weighted by atomic mass is 10.2. The summed E-state index contributed by atoms with van der Waals surface area (Å²) in [5.41, 5.74) is 0.814. The van der Waals surface area contributed by atoms with Crippen molar-refractivity contribution < 1.29 is 13.3 Å². The molecule has 0 bridgehead atoms. The van der Waals surface area contributed by atoms with E-state index >= 15 is 0 Å². The summed E-state index contributed by atoms with van der Waals surface area (Å²) in [5, 5.41) is 3.74. The average Bonchev–Trinajstić information content (AvgIpc) is 2.88. The Labute approximate surface area is 120 Å². The fraction of sp³-hybridized carbons (Fsp3) is 0. The minimum Gasteiger partial charge on any atom is -0.334 e. The van der Waals surface area contributed by atoms with E-state index in [0.29, 0.717) is 15.7 Å². The van der Waals surface area contributed by atoms with Crippen molar-refractivity contribution in [2.45, 2.75) is 0 Å². The third kappa shape index (κ3) is 2.57. The second kappa shape index (κ2) is 5.09. The molecule has 0 amide bonds. The van der Waals surface area contributed by atoms with Crippen LogP contribution in [0.15, 0.2) is 45.5 Å². The molecular formula is C13H6BrF2N3O. The van der Waals surface area contributed by atoms with Crippen LogP contribution in [0.1, 0.15) is 0 Å². The largest absolute Gasteiger partial charge is 0.334 e. The SMILES string of the molecule is Fc1ccc(-c2noc(-c3cc(F)cc(Br)c3)n2)nc1. The van der Waals surface area contributed by atoms with Gasteiger partial charge in [-0.15, -0.1) is 0 Å². The molecule has 3 aromatic rings. The van der Waals surface area contributed by atoms with Crippen LogP contribution in [0.25, 0.3) is 23.0 Å². The van der Waals surface area contributed by atoms with Crippen LogP contribution in [0.4, 0.5) is 8.78 Å². The second-order valence-electron chi connectivity index (χ2n) is 3.94. The molecule has 2 aromatic heterocycles. The third-order valence-corrected chi connectivity index (χ3v) is 2.95. The van der Waals surface area contributed by atoms with Crippen molar-refractivity contribution in [3.63, 3.8) is 0 Å². The van der Waals surface area contributed by atoms with Crippen LogP contribution in [-0.4, -0.2) is 15.1 Å². The monoisotopic (exact) mass is 337 g/mol. The lowest BCUT2D eigenvalue weighted by Crippen LogP contribution is -1.87. The van der Waals surface area contributed by atoms with E-state index in [-0.39, 0.29) is 11.7 Å². The van der Waals surface area contributed by atoms with Crippen molar-refractivity contribution in [2.24, 2.45) is 0 Å². The van der Waals surface area contributed by atoms with E-state index in [0.717, 1.165) is 6.20 Å². The van der Waals surface area contributed by atoms with Gasteiger partial charge in [-0.3, -0.25) is 0 Å². The Morgan fingerprint density at radius 3 is 2.60 bits per heavy atom. The van der Waals surface area contributed by atoms with Crippen LogP contribution in [-0.2, 0) is 0 Å². The highest BCUT2D eigenvalue weighted by Gasteiger charge is 2.13. The lowest BCUT2D eigenvalue weighted by molar-refractivity contribution is 0.431. The fourth-order valence-electron chi connectivity index (χ4n) is 1.63. The molecule has 3 rings (SSSR count). The Bertz CT molecular complexity index is 738. The molecule has 0 aliphatic heterocycles. The van der Waals surface area contributed by atoms with Crippen molar-refractivity contribution >= 4 is 15.9 Å². The second-order valence-corrected chi connectivity index (χ2v) is 4.86. The highest BCUT2D eigenvalue weighted by molar-refractivity contribution is 9.10. The van der Waals surface area contributed by atoms with E-state index in [1.165, 1.54) is 24.3 Å². The van der Waals surface area contributed by atoms with Crippen LogP contribution in [0.5, 0.6) is 0 Å². The standard InChI is InChI=1S/C13H6BrF2N3O/c14-8-3-7(4-10(16)5-8)13-18-12(19-20-13)11-2-1-9(15)6-17-11/h1-6H. The van der Waals surface area contributed by atoms with E-state index in [4.69, 9.17) is 4.52 Å². The number of rotatable bonds is 2. The Morgan fingerprint density at radius 1 is 1.05 bits per heavy atom. The van der Waals surface area contributed by atoms with Crippen molar-refractivity contribution in [1.82, 2.24) is 15.1 Å². The summed E-state index contributed by atoms with van der Waals surface area (Å²) in [5.74, 6) is -0.507. The summed E-state index contributed by atoms with van der Waals surface area (Å²) in [7, 11) is 0. The first-order chi connectivity index (χ1) is 9.61. The molecule has 0 saturated heterocycles. The van der Waals surface area contributed by atoms with E-state index < -0.39 is 11.6 Å². The van der Waals surface area contributed by atoms with Gasteiger partial charge in [-0.05, 0) is 30.3 Å². The van der Waals surface area contributed by atoms with Gasteiger partial charge in [0.05, 0.1) is 6.20 Å². The summed E-state index contributed by atoms with van der Waals surface area (Å²) < 4.78 is 31.7.